The number of aryl methyl sites for hydroxylation is 2. The molecule has 0 radical (unpaired) electrons. The normalized spacial score (nSPS) is 22.8. The molecule has 37 heavy (non-hydrogen) atoms. The molecule has 4 atom stereocenters. The number of likely N-dealkylation sites (tertiary alicyclic amines) is 1. The Morgan fingerprint density at radius 1 is 1.14 bits per heavy atom. The maximum absolute atomic E-state index is 13.1. The van der Waals surface area contributed by atoms with Gasteiger partial charge in [-0.2, -0.15) is 0 Å². The van der Waals surface area contributed by atoms with E-state index >= 15 is 0 Å². The highest BCUT2D eigenvalue weighted by Crippen LogP contribution is 2.53. The van der Waals surface area contributed by atoms with E-state index in [9.17, 15) is 4.79 Å². The van der Waals surface area contributed by atoms with E-state index in [0.29, 0.717) is 12.0 Å². The molecule has 198 valence electrons. The smallest absolute Gasteiger partial charge is 0.419 e. The molecule has 5 rings (SSSR count). The maximum Gasteiger partial charge on any atom is 0.419 e. The van der Waals surface area contributed by atoms with Gasteiger partial charge in [0.2, 0.25) is 0 Å². The highest BCUT2D eigenvalue weighted by atomic mass is 16.6. The van der Waals surface area contributed by atoms with Crippen molar-refractivity contribution in [1.82, 2.24) is 9.47 Å². The molecule has 1 aliphatic carbocycles. The Labute approximate surface area is 221 Å². The number of aromatic nitrogens is 1. The van der Waals surface area contributed by atoms with Gasteiger partial charge in [-0.15, -0.1) is 0 Å². The number of ether oxygens (including phenoxy) is 2. The Morgan fingerprint density at radius 3 is 2.51 bits per heavy atom. The van der Waals surface area contributed by atoms with Gasteiger partial charge >= 0.3 is 6.09 Å². The molecule has 5 heteroatoms. The van der Waals surface area contributed by atoms with Crippen molar-refractivity contribution in [2.24, 2.45) is 11.8 Å². The molecular formula is C32H42N2O3. The van der Waals surface area contributed by atoms with Crippen LogP contribution in [0.4, 0.5) is 4.79 Å². The Kier molecular flexibility index (Phi) is 6.86. The predicted molar refractivity (Wildman–Crippen MR) is 149 cm³/mol. The predicted octanol–water partition coefficient (Wildman–Crippen LogP) is 7.84. The molecule has 2 aromatic carbocycles. The summed E-state index contributed by atoms with van der Waals surface area (Å²) >= 11 is 0. The highest BCUT2D eigenvalue weighted by molar-refractivity contribution is 5.95. The Bertz CT molecular complexity index is 1280. The molecule has 2 fully saturated rings. The molecule has 1 saturated heterocycles. The third-order valence-electron chi connectivity index (χ3n) is 8.54. The number of fused-ring (bicyclic) bond motifs is 2. The number of methoxy groups -OCH3 is 1. The Balaban J connectivity index is 1.59. The van der Waals surface area contributed by atoms with Crippen molar-refractivity contribution in [3.63, 3.8) is 0 Å². The number of hydrogen-bond donors (Lipinski definition) is 0. The number of benzene rings is 2. The first-order valence-corrected chi connectivity index (χ1v) is 13.9. The van der Waals surface area contributed by atoms with Crippen LogP contribution in [0.15, 0.2) is 42.6 Å². The summed E-state index contributed by atoms with van der Waals surface area (Å²) in [5.74, 6) is 2.31. The van der Waals surface area contributed by atoms with Crippen LogP contribution in [0.1, 0.15) is 88.2 Å². The minimum Gasteiger partial charge on any atom is -0.496 e. The topological polar surface area (TPSA) is 43.7 Å². The van der Waals surface area contributed by atoms with E-state index in [0.717, 1.165) is 46.7 Å². The van der Waals surface area contributed by atoms with E-state index in [-0.39, 0.29) is 12.1 Å². The lowest BCUT2D eigenvalue weighted by molar-refractivity contribution is 0.0544. The zero-order chi connectivity index (χ0) is 26.5. The molecule has 2 heterocycles. The number of rotatable bonds is 5. The lowest BCUT2D eigenvalue weighted by atomic mass is 9.88. The average Bonchev–Trinajstić information content (AvgIpc) is 3.57. The monoisotopic (exact) mass is 502 g/mol. The number of carbonyl (C=O) groups excluding carboxylic acids is 1. The molecule has 1 saturated carbocycles. The van der Waals surface area contributed by atoms with Crippen LogP contribution in [-0.2, 0) is 11.2 Å². The minimum absolute atomic E-state index is 0.133. The fraction of sp³-hybridized carbons (Fsp3) is 0.531. The fourth-order valence-electron chi connectivity index (χ4n) is 6.88. The van der Waals surface area contributed by atoms with E-state index in [1.165, 1.54) is 30.4 Å². The van der Waals surface area contributed by atoms with Crippen LogP contribution in [-0.4, -0.2) is 34.8 Å². The van der Waals surface area contributed by atoms with Crippen molar-refractivity contribution in [2.75, 3.05) is 13.7 Å². The molecule has 3 aromatic rings. The van der Waals surface area contributed by atoms with Gasteiger partial charge in [-0.05, 0) is 94.5 Å². The summed E-state index contributed by atoms with van der Waals surface area (Å²) in [6.07, 6.45) is 6.50. The van der Waals surface area contributed by atoms with Crippen LogP contribution in [0.3, 0.4) is 0 Å². The van der Waals surface area contributed by atoms with Gasteiger partial charge in [0, 0.05) is 35.8 Å². The molecule has 0 amide bonds. The van der Waals surface area contributed by atoms with Crippen molar-refractivity contribution in [3.05, 3.63) is 64.8 Å². The van der Waals surface area contributed by atoms with E-state index < -0.39 is 5.60 Å². The molecule has 2 aliphatic rings. The first kappa shape index (κ1) is 25.8. The second-order valence-corrected chi connectivity index (χ2v) is 12.0. The summed E-state index contributed by atoms with van der Waals surface area (Å²) in [5, 5.41) is 1.06. The summed E-state index contributed by atoms with van der Waals surface area (Å²) in [6, 6.07) is 14.0. The van der Waals surface area contributed by atoms with Gasteiger partial charge in [-0.1, -0.05) is 37.6 Å². The molecule has 0 N–H and O–H groups in total. The van der Waals surface area contributed by atoms with Gasteiger partial charge in [-0.3, -0.25) is 9.47 Å². The molecule has 0 bridgehead atoms. The third-order valence-corrected chi connectivity index (χ3v) is 8.54. The molecule has 5 nitrogen and oxygen atoms in total. The molecule has 1 aliphatic heterocycles. The molecule has 1 aromatic heterocycles. The second kappa shape index (κ2) is 9.83. The van der Waals surface area contributed by atoms with Crippen LogP contribution in [0.25, 0.3) is 10.9 Å². The number of hydrogen-bond acceptors (Lipinski definition) is 4. The highest BCUT2D eigenvalue weighted by Gasteiger charge is 2.47. The van der Waals surface area contributed by atoms with Crippen molar-refractivity contribution in [2.45, 2.75) is 84.9 Å². The van der Waals surface area contributed by atoms with E-state index in [1.54, 1.807) is 11.7 Å². The van der Waals surface area contributed by atoms with Crippen LogP contribution in [0.2, 0.25) is 0 Å². The van der Waals surface area contributed by atoms with Crippen molar-refractivity contribution in [3.8, 4) is 5.75 Å². The van der Waals surface area contributed by atoms with E-state index in [2.05, 4.69) is 55.1 Å². The Morgan fingerprint density at radius 2 is 1.86 bits per heavy atom. The van der Waals surface area contributed by atoms with Gasteiger partial charge in [0.05, 0.1) is 12.6 Å². The number of carbonyl (C=O) groups is 1. The lowest BCUT2D eigenvalue weighted by Gasteiger charge is -2.35. The SMILES string of the molecule is CCc1ccc(C2C3CCCC3CN2C(C)c2c(OC)cc(C)c3c2ccn3C(=O)OC(C)(C)C)cc1. The van der Waals surface area contributed by atoms with Gasteiger partial charge in [0.1, 0.15) is 11.4 Å². The summed E-state index contributed by atoms with van der Waals surface area (Å²) in [7, 11) is 1.75. The fourth-order valence-corrected chi connectivity index (χ4v) is 6.88. The largest absolute Gasteiger partial charge is 0.496 e. The zero-order valence-electron chi connectivity index (χ0n) is 23.5. The maximum atomic E-state index is 13.1. The summed E-state index contributed by atoms with van der Waals surface area (Å²) in [6.45, 7) is 13.4. The number of nitrogens with zero attached hydrogens (tertiary/aromatic N) is 2. The first-order valence-electron chi connectivity index (χ1n) is 13.9. The summed E-state index contributed by atoms with van der Waals surface area (Å²) in [4.78, 5) is 15.8. The van der Waals surface area contributed by atoms with Crippen LogP contribution >= 0.6 is 0 Å². The lowest BCUT2D eigenvalue weighted by Crippen LogP contribution is -2.29. The van der Waals surface area contributed by atoms with E-state index in [1.807, 2.05) is 33.9 Å². The zero-order valence-corrected chi connectivity index (χ0v) is 23.5. The van der Waals surface area contributed by atoms with Gasteiger partial charge in [0.25, 0.3) is 0 Å². The van der Waals surface area contributed by atoms with Crippen molar-refractivity contribution < 1.29 is 14.3 Å². The van der Waals surface area contributed by atoms with Crippen LogP contribution in [0, 0.1) is 18.8 Å². The van der Waals surface area contributed by atoms with Gasteiger partial charge < -0.3 is 9.47 Å². The van der Waals surface area contributed by atoms with Crippen LogP contribution < -0.4 is 4.74 Å². The molecule has 4 unspecified atom stereocenters. The standard InChI is InChI=1S/C32H42N2O3/c1-8-22-12-14-23(15-13-22)30-25-11-9-10-24(25)19-34(30)21(3)28-26-16-17-33(31(35)37-32(4,5)6)29(26)20(2)18-27(28)36-7/h12-18,21,24-25,30H,8-11,19H2,1-7H3. The molecular weight excluding hydrogens is 460 g/mol. The summed E-state index contributed by atoms with van der Waals surface area (Å²) < 4.78 is 13.4. The van der Waals surface area contributed by atoms with Gasteiger partial charge in [-0.25, -0.2) is 4.79 Å². The van der Waals surface area contributed by atoms with Crippen molar-refractivity contribution >= 4 is 17.0 Å². The van der Waals surface area contributed by atoms with E-state index in [4.69, 9.17) is 9.47 Å². The summed E-state index contributed by atoms with van der Waals surface area (Å²) in [5.41, 5.74) is 5.31. The van der Waals surface area contributed by atoms with Gasteiger partial charge in [0.15, 0.2) is 0 Å². The average molecular weight is 503 g/mol. The Hall–Kier alpha value is -2.79. The quantitative estimate of drug-likeness (QED) is 0.356. The minimum atomic E-state index is -0.557. The second-order valence-electron chi connectivity index (χ2n) is 12.0. The van der Waals surface area contributed by atoms with Crippen molar-refractivity contribution in [1.29, 1.82) is 0 Å². The third kappa shape index (κ3) is 4.67. The molecule has 0 spiro atoms. The van der Waals surface area contributed by atoms with Crippen LogP contribution in [0.5, 0.6) is 5.75 Å². The first-order chi connectivity index (χ1) is 17.6.